The molecule has 1 aliphatic carbocycles. The number of hydrogen-bond donors (Lipinski definition) is 1. The summed E-state index contributed by atoms with van der Waals surface area (Å²) >= 11 is 12.8. The van der Waals surface area contributed by atoms with Crippen LogP contribution in [0.1, 0.15) is 53.1 Å². The Balaban J connectivity index is 1.18. The Bertz CT molecular complexity index is 1610. The van der Waals surface area contributed by atoms with Gasteiger partial charge in [0.1, 0.15) is 6.61 Å². The van der Waals surface area contributed by atoms with E-state index in [0.717, 1.165) is 23.2 Å². The number of aryl methyl sites for hydroxylation is 1. The first kappa shape index (κ1) is 27.4. The Labute approximate surface area is 251 Å². The molecule has 0 radical (unpaired) electrons. The fraction of sp³-hybridized carbons (Fsp3) is 0.229. The lowest BCUT2D eigenvalue weighted by Crippen LogP contribution is -2.29. The molecule has 3 atom stereocenters. The topological polar surface area (TPSA) is 42.8 Å². The molecule has 0 aromatic heterocycles. The van der Waals surface area contributed by atoms with Crippen LogP contribution in [0.3, 0.4) is 0 Å². The molecule has 0 amide bonds. The standard InChI is InChI=1S/C35H32Cl2N2O2/c1-3-40-33-19-24(18-31(37)35(33)41-21-23-6-4-7-26(36)17-23)20-38-27-13-11-25(12-14-27)34-29-9-5-8-28(29)30-16-22(2)10-15-32(30)39-34/h4-8,10-20,28-29,34,39H,3,9,21H2,1-2H3/t28-,29+,34-/m0/s1. The summed E-state index contributed by atoms with van der Waals surface area (Å²) in [5.74, 6) is 2.05. The molecule has 0 bridgehead atoms. The summed E-state index contributed by atoms with van der Waals surface area (Å²) in [7, 11) is 0. The molecule has 6 rings (SSSR count). The van der Waals surface area contributed by atoms with Crippen LogP contribution in [0.15, 0.2) is 96.0 Å². The summed E-state index contributed by atoms with van der Waals surface area (Å²) in [5, 5.41) is 4.95. The molecule has 6 heteroatoms. The first-order valence-corrected chi connectivity index (χ1v) is 14.8. The lowest BCUT2D eigenvalue weighted by molar-refractivity contribution is 0.269. The van der Waals surface area contributed by atoms with Crippen LogP contribution in [0.2, 0.25) is 10.0 Å². The molecule has 0 unspecified atom stereocenters. The second kappa shape index (κ2) is 12.0. The van der Waals surface area contributed by atoms with Gasteiger partial charge in [0.2, 0.25) is 0 Å². The third-order valence-electron chi connectivity index (χ3n) is 7.74. The van der Waals surface area contributed by atoms with E-state index >= 15 is 0 Å². The van der Waals surface area contributed by atoms with Crippen LogP contribution < -0.4 is 14.8 Å². The number of fused-ring (bicyclic) bond motifs is 3. The molecule has 0 saturated carbocycles. The molecule has 4 nitrogen and oxygen atoms in total. The van der Waals surface area contributed by atoms with Crippen molar-refractivity contribution < 1.29 is 9.47 Å². The first-order valence-electron chi connectivity index (χ1n) is 14.0. The van der Waals surface area contributed by atoms with Gasteiger partial charge in [0.15, 0.2) is 11.5 Å². The minimum Gasteiger partial charge on any atom is -0.490 e. The molecule has 1 N–H and O–H groups in total. The average molecular weight is 584 g/mol. The number of benzene rings is 4. The highest BCUT2D eigenvalue weighted by molar-refractivity contribution is 6.32. The zero-order valence-corrected chi connectivity index (χ0v) is 24.6. The SMILES string of the molecule is CCOc1cc(C=Nc2ccc([C@@H]3Nc4ccc(C)cc4[C@H]4C=CC[C@H]43)cc2)cc(Cl)c1OCc1cccc(Cl)c1. The van der Waals surface area contributed by atoms with Crippen molar-refractivity contribution in [3.05, 3.63) is 129 Å². The van der Waals surface area contributed by atoms with Crippen molar-refractivity contribution in [3.63, 3.8) is 0 Å². The van der Waals surface area contributed by atoms with Crippen molar-refractivity contribution >= 4 is 40.8 Å². The van der Waals surface area contributed by atoms with Gasteiger partial charge in [-0.2, -0.15) is 0 Å². The average Bonchev–Trinajstić information content (AvgIpc) is 3.46. The van der Waals surface area contributed by atoms with Gasteiger partial charge in [-0.15, -0.1) is 0 Å². The molecule has 1 heterocycles. The number of hydrogen-bond acceptors (Lipinski definition) is 4. The Morgan fingerprint density at radius 2 is 1.83 bits per heavy atom. The molecular formula is C35H32Cl2N2O2. The molecule has 41 heavy (non-hydrogen) atoms. The summed E-state index contributed by atoms with van der Waals surface area (Å²) in [6.45, 7) is 4.92. The molecule has 2 aliphatic rings. The number of allylic oxidation sites excluding steroid dienone is 2. The van der Waals surface area contributed by atoms with Gasteiger partial charge in [0.05, 0.1) is 23.4 Å². The third-order valence-corrected chi connectivity index (χ3v) is 8.25. The van der Waals surface area contributed by atoms with Gasteiger partial charge in [-0.05, 0) is 90.9 Å². The Morgan fingerprint density at radius 1 is 0.976 bits per heavy atom. The highest BCUT2D eigenvalue weighted by Crippen LogP contribution is 2.50. The third kappa shape index (κ3) is 6.00. The zero-order valence-electron chi connectivity index (χ0n) is 23.1. The van der Waals surface area contributed by atoms with Crippen LogP contribution in [0.5, 0.6) is 11.5 Å². The highest BCUT2D eigenvalue weighted by atomic mass is 35.5. The van der Waals surface area contributed by atoms with E-state index in [1.165, 1.54) is 22.4 Å². The largest absolute Gasteiger partial charge is 0.490 e. The molecule has 0 fully saturated rings. The number of halogens is 2. The molecular weight excluding hydrogens is 551 g/mol. The second-order valence-corrected chi connectivity index (χ2v) is 11.4. The van der Waals surface area contributed by atoms with Crippen LogP contribution in [0, 0.1) is 12.8 Å². The van der Waals surface area contributed by atoms with E-state index in [1.807, 2.05) is 43.3 Å². The summed E-state index contributed by atoms with van der Waals surface area (Å²) in [6.07, 6.45) is 7.59. The summed E-state index contributed by atoms with van der Waals surface area (Å²) < 4.78 is 11.9. The Hall–Kier alpha value is -3.73. The predicted octanol–water partition coefficient (Wildman–Crippen LogP) is 9.86. The maximum Gasteiger partial charge on any atom is 0.180 e. The zero-order chi connectivity index (χ0) is 28.3. The number of nitrogens with one attached hydrogen (secondary N) is 1. The Morgan fingerprint density at radius 3 is 2.63 bits per heavy atom. The van der Waals surface area contributed by atoms with Crippen LogP contribution in [0.4, 0.5) is 11.4 Å². The van der Waals surface area contributed by atoms with E-state index in [4.69, 9.17) is 37.7 Å². The number of ether oxygens (including phenoxy) is 2. The van der Waals surface area contributed by atoms with Crippen molar-refractivity contribution in [1.29, 1.82) is 0 Å². The molecule has 0 spiro atoms. The maximum absolute atomic E-state index is 6.64. The molecule has 0 saturated heterocycles. The molecule has 208 valence electrons. The smallest absolute Gasteiger partial charge is 0.180 e. The highest BCUT2D eigenvalue weighted by Gasteiger charge is 2.37. The van der Waals surface area contributed by atoms with E-state index in [9.17, 15) is 0 Å². The van der Waals surface area contributed by atoms with Crippen LogP contribution in [-0.2, 0) is 6.61 Å². The monoisotopic (exact) mass is 582 g/mol. The van der Waals surface area contributed by atoms with Gasteiger partial charge in [-0.1, -0.05) is 77.3 Å². The summed E-state index contributed by atoms with van der Waals surface area (Å²) in [5.41, 5.74) is 7.88. The van der Waals surface area contributed by atoms with E-state index < -0.39 is 0 Å². The molecule has 4 aromatic rings. The van der Waals surface area contributed by atoms with Gasteiger partial charge < -0.3 is 14.8 Å². The van der Waals surface area contributed by atoms with E-state index in [0.29, 0.717) is 46.6 Å². The number of anilines is 1. The predicted molar refractivity (Wildman–Crippen MR) is 170 cm³/mol. The van der Waals surface area contributed by atoms with E-state index in [2.05, 4.69) is 66.9 Å². The van der Waals surface area contributed by atoms with Crippen molar-refractivity contribution in [3.8, 4) is 11.5 Å². The summed E-state index contributed by atoms with van der Waals surface area (Å²) in [6, 6.07) is 26.8. The van der Waals surface area contributed by atoms with E-state index in [-0.39, 0.29) is 6.04 Å². The van der Waals surface area contributed by atoms with Crippen molar-refractivity contribution in [2.75, 3.05) is 11.9 Å². The maximum atomic E-state index is 6.64. The first-order chi connectivity index (χ1) is 20.0. The number of rotatable bonds is 8. The quantitative estimate of drug-likeness (QED) is 0.166. The molecule has 4 aromatic carbocycles. The summed E-state index contributed by atoms with van der Waals surface area (Å²) in [4.78, 5) is 4.72. The fourth-order valence-corrected chi connectivity index (χ4v) is 6.29. The molecule has 1 aliphatic heterocycles. The lowest BCUT2D eigenvalue weighted by Gasteiger charge is -2.37. The lowest BCUT2D eigenvalue weighted by atomic mass is 9.76. The van der Waals surface area contributed by atoms with Gasteiger partial charge in [-0.25, -0.2) is 0 Å². The number of nitrogens with zero attached hydrogens (tertiary/aromatic N) is 1. The van der Waals surface area contributed by atoms with Gasteiger partial charge >= 0.3 is 0 Å². The minimum absolute atomic E-state index is 0.259. The number of aliphatic imine (C=N–C) groups is 1. The van der Waals surface area contributed by atoms with Crippen LogP contribution in [-0.4, -0.2) is 12.8 Å². The van der Waals surface area contributed by atoms with Gasteiger partial charge in [0, 0.05) is 22.8 Å². The minimum atomic E-state index is 0.259. The van der Waals surface area contributed by atoms with Crippen molar-refractivity contribution in [2.45, 2.75) is 38.8 Å². The van der Waals surface area contributed by atoms with Crippen molar-refractivity contribution in [1.82, 2.24) is 0 Å². The Kier molecular flexibility index (Phi) is 8.04. The van der Waals surface area contributed by atoms with Crippen molar-refractivity contribution in [2.24, 2.45) is 10.9 Å². The second-order valence-electron chi connectivity index (χ2n) is 10.6. The normalized spacial score (nSPS) is 19.1. The van der Waals surface area contributed by atoms with Gasteiger partial charge in [-0.3, -0.25) is 4.99 Å². The van der Waals surface area contributed by atoms with Crippen LogP contribution in [0.25, 0.3) is 0 Å². The fourth-order valence-electron chi connectivity index (χ4n) is 5.81. The van der Waals surface area contributed by atoms with Crippen LogP contribution >= 0.6 is 23.2 Å². The van der Waals surface area contributed by atoms with E-state index in [1.54, 1.807) is 6.21 Å². The van der Waals surface area contributed by atoms with Gasteiger partial charge in [0.25, 0.3) is 0 Å².